The number of aromatic nitrogens is 2. The highest BCUT2D eigenvalue weighted by Crippen LogP contribution is 2.33. The van der Waals surface area contributed by atoms with Gasteiger partial charge in [0.05, 0.1) is 18.6 Å². The molecule has 0 spiro atoms. The van der Waals surface area contributed by atoms with E-state index in [1.54, 1.807) is 29.4 Å². The van der Waals surface area contributed by atoms with Gasteiger partial charge >= 0.3 is 0 Å². The highest BCUT2D eigenvalue weighted by molar-refractivity contribution is 5.95. The highest BCUT2D eigenvalue weighted by Gasteiger charge is 2.24. The Hall–Kier alpha value is -2.50. The molecule has 2 aliphatic heterocycles. The summed E-state index contributed by atoms with van der Waals surface area (Å²) in [5.41, 5.74) is 2.69. The van der Waals surface area contributed by atoms with E-state index >= 15 is 0 Å². The van der Waals surface area contributed by atoms with Crippen molar-refractivity contribution in [2.45, 2.75) is 13.0 Å². The first-order valence-corrected chi connectivity index (χ1v) is 6.51. The third-order valence-corrected chi connectivity index (χ3v) is 3.69. The second kappa shape index (κ2) is 4.26. The summed E-state index contributed by atoms with van der Waals surface area (Å²) >= 11 is 0. The smallest absolute Gasteiger partial charge is 0.254 e. The van der Waals surface area contributed by atoms with Crippen molar-refractivity contribution in [2.75, 3.05) is 13.3 Å². The molecule has 1 aromatic heterocycles. The molecule has 0 saturated heterocycles. The molecule has 1 amide bonds. The fourth-order valence-corrected chi connectivity index (χ4v) is 2.59. The van der Waals surface area contributed by atoms with Crippen LogP contribution in [-0.4, -0.2) is 34.1 Å². The number of hydrogen-bond donors (Lipinski definition) is 1. The summed E-state index contributed by atoms with van der Waals surface area (Å²) in [5, 5.41) is 0. The number of H-pyrrole nitrogens is 1. The van der Waals surface area contributed by atoms with Gasteiger partial charge in [-0.05, 0) is 18.2 Å². The summed E-state index contributed by atoms with van der Waals surface area (Å²) in [7, 11) is 0. The van der Waals surface area contributed by atoms with Gasteiger partial charge in [-0.2, -0.15) is 0 Å². The summed E-state index contributed by atoms with van der Waals surface area (Å²) in [4.78, 5) is 21.7. The third-order valence-electron chi connectivity index (χ3n) is 3.69. The van der Waals surface area contributed by atoms with Crippen LogP contribution in [0.4, 0.5) is 0 Å². The maximum atomic E-state index is 12.5. The Bertz CT molecular complexity index is 680. The summed E-state index contributed by atoms with van der Waals surface area (Å²) in [6.45, 7) is 1.46. The predicted molar refractivity (Wildman–Crippen MR) is 69.6 cm³/mol. The molecule has 0 bridgehead atoms. The Morgan fingerprint density at radius 1 is 1.30 bits per heavy atom. The van der Waals surface area contributed by atoms with Crippen molar-refractivity contribution in [3.63, 3.8) is 0 Å². The minimum atomic E-state index is -0.00282. The fourth-order valence-electron chi connectivity index (χ4n) is 2.59. The van der Waals surface area contributed by atoms with Gasteiger partial charge in [0, 0.05) is 24.2 Å². The minimum absolute atomic E-state index is 0.00282. The van der Waals surface area contributed by atoms with Crippen molar-refractivity contribution >= 4 is 5.91 Å². The second-order valence-electron chi connectivity index (χ2n) is 4.87. The topological polar surface area (TPSA) is 67.5 Å². The molecule has 0 unspecified atom stereocenters. The highest BCUT2D eigenvalue weighted by atomic mass is 16.7. The maximum Gasteiger partial charge on any atom is 0.254 e. The Morgan fingerprint density at radius 2 is 2.20 bits per heavy atom. The lowest BCUT2D eigenvalue weighted by molar-refractivity contribution is 0.0731. The van der Waals surface area contributed by atoms with Crippen LogP contribution < -0.4 is 9.47 Å². The number of hydrogen-bond acceptors (Lipinski definition) is 4. The Kier molecular flexibility index (Phi) is 2.42. The van der Waals surface area contributed by atoms with E-state index in [9.17, 15) is 4.79 Å². The number of fused-ring (bicyclic) bond motifs is 2. The lowest BCUT2D eigenvalue weighted by Gasteiger charge is -2.26. The monoisotopic (exact) mass is 271 g/mol. The SMILES string of the molecule is O=C(c1ccc2c(c1)OCO2)N1CCc2[nH]cnc2C1. The molecule has 0 atom stereocenters. The Labute approximate surface area is 115 Å². The summed E-state index contributed by atoms with van der Waals surface area (Å²) in [6, 6.07) is 5.29. The van der Waals surface area contributed by atoms with Gasteiger partial charge in [-0.3, -0.25) is 4.79 Å². The van der Waals surface area contributed by atoms with Crippen molar-refractivity contribution in [3.05, 3.63) is 41.5 Å². The van der Waals surface area contributed by atoms with Gasteiger partial charge in [-0.25, -0.2) is 4.98 Å². The molecular formula is C14H13N3O3. The molecule has 20 heavy (non-hydrogen) atoms. The number of carbonyl (C=O) groups excluding carboxylic acids is 1. The molecule has 0 radical (unpaired) electrons. The molecule has 6 nitrogen and oxygen atoms in total. The van der Waals surface area contributed by atoms with Crippen LogP contribution in [0.25, 0.3) is 0 Å². The number of imidazole rings is 1. The maximum absolute atomic E-state index is 12.5. The number of nitrogens with zero attached hydrogens (tertiary/aromatic N) is 2. The fraction of sp³-hybridized carbons (Fsp3) is 0.286. The van der Waals surface area contributed by atoms with Crippen molar-refractivity contribution in [2.24, 2.45) is 0 Å². The first-order valence-electron chi connectivity index (χ1n) is 6.51. The third kappa shape index (κ3) is 1.72. The number of ether oxygens (including phenoxy) is 2. The summed E-state index contributed by atoms with van der Waals surface area (Å²) in [5.74, 6) is 1.32. The van der Waals surface area contributed by atoms with Crippen LogP contribution in [0.5, 0.6) is 11.5 Å². The quantitative estimate of drug-likeness (QED) is 0.849. The number of amides is 1. The second-order valence-corrected chi connectivity index (χ2v) is 4.87. The lowest BCUT2D eigenvalue weighted by Crippen LogP contribution is -2.36. The van der Waals surface area contributed by atoms with E-state index in [2.05, 4.69) is 9.97 Å². The van der Waals surface area contributed by atoms with E-state index in [0.29, 0.717) is 30.2 Å². The van der Waals surface area contributed by atoms with Gasteiger partial charge in [0.25, 0.3) is 5.91 Å². The van der Waals surface area contributed by atoms with Crippen molar-refractivity contribution in [3.8, 4) is 11.5 Å². The van der Waals surface area contributed by atoms with E-state index in [1.807, 2.05) is 0 Å². The molecule has 0 saturated carbocycles. The van der Waals surface area contributed by atoms with Crippen molar-refractivity contribution < 1.29 is 14.3 Å². The van der Waals surface area contributed by atoms with E-state index in [0.717, 1.165) is 17.8 Å². The van der Waals surface area contributed by atoms with Crippen LogP contribution in [-0.2, 0) is 13.0 Å². The van der Waals surface area contributed by atoms with Crippen LogP contribution in [0.1, 0.15) is 21.7 Å². The average molecular weight is 271 g/mol. The molecule has 6 heteroatoms. The molecule has 0 fully saturated rings. The Morgan fingerprint density at radius 3 is 3.15 bits per heavy atom. The number of rotatable bonds is 1. The standard InChI is InChI=1S/C14H13N3O3/c18-14(9-1-2-12-13(5-9)20-8-19-12)17-4-3-10-11(6-17)16-7-15-10/h1-2,5,7H,3-4,6,8H2,(H,15,16). The number of aromatic amines is 1. The van der Waals surface area contributed by atoms with Crippen LogP contribution in [0.3, 0.4) is 0 Å². The normalized spacial score (nSPS) is 16.1. The minimum Gasteiger partial charge on any atom is -0.454 e. The van der Waals surface area contributed by atoms with Gasteiger partial charge < -0.3 is 19.4 Å². The summed E-state index contributed by atoms with van der Waals surface area (Å²) in [6.07, 6.45) is 2.49. The predicted octanol–water partition coefficient (Wildman–Crippen LogP) is 1.34. The van der Waals surface area contributed by atoms with Crippen LogP contribution in [0.2, 0.25) is 0 Å². The zero-order valence-corrected chi connectivity index (χ0v) is 10.8. The van der Waals surface area contributed by atoms with E-state index in [1.165, 1.54) is 0 Å². The molecule has 1 aromatic carbocycles. The molecule has 102 valence electrons. The molecule has 2 aliphatic rings. The van der Waals surface area contributed by atoms with Gasteiger partial charge in [0.15, 0.2) is 11.5 Å². The number of nitrogens with one attached hydrogen (secondary N) is 1. The molecule has 2 aromatic rings. The Balaban J connectivity index is 1.59. The molecule has 0 aliphatic carbocycles. The lowest BCUT2D eigenvalue weighted by atomic mass is 10.1. The van der Waals surface area contributed by atoms with Gasteiger partial charge in [-0.1, -0.05) is 0 Å². The van der Waals surface area contributed by atoms with E-state index in [-0.39, 0.29) is 12.7 Å². The zero-order chi connectivity index (χ0) is 13.5. The van der Waals surface area contributed by atoms with Crippen LogP contribution in [0.15, 0.2) is 24.5 Å². The first kappa shape index (κ1) is 11.3. The molecule has 3 heterocycles. The van der Waals surface area contributed by atoms with Crippen molar-refractivity contribution in [1.82, 2.24) is 14.9 Å². The average Bonchev–Trinajstić information content (AvgIpc) is 3.13. The van der Waals surface area contributed by atoms with Crippen LogP contribution >= 0.6 is 0 Å². The van der Waals surface area contributed by atoms with Gasteiger partial charge in [0.2, 0.25) is 6.79 Å². The van der Waals surface area contributed by atoms with E-state index in [4.69, 9.17) is 9.47 Å². The van der Waals surface area contributed by atoms with Gasteiger partial charge in [0.1, 0.15) is 0 Å². The molecule has 1 N–H and O–H groups in total. The van der Waals surface area contributed by atoms with E-state index < -0.39 is 0 Å². The molecular weight excluding hydrogens is 258 g/mol. The van der Waals surface area contributed by atoms with Crippen molar-refractivity contribution in [1.29, 1.82) is 0 Å². The number of carbonyl (C=O) groups is 1. The summed E-state index contributed by atoms with van der Waals surface area (Å²) < 4.78 is 10.6. The zero-order valence-electron chi connectivity index (χ0n) is 10.8. The largest absolute Gasteiger partial charge is 0.454 e. The van der Waals surface area contributed by atoms with Gasteiger partial charge in [-0.15, -0.1) is 0 Å². The molecule has 4 rings (SSSR count). The number of benzene rings is 1. The van der Waals surface area contributed by atoms with Crippen LogP contribution in [0, 0.1) is 0 Å². The first-order chi connectivity index (χ1) is 9.81.